The van der Waals surface area contributed by atoms with Crippen LogP contribution in [0.1, 0.15) is 70.1 Å². The van der Waals surface area contributed by atoms with E-state index in [4.69, 9.17) is 5.26 Å². The number of hydrogen-bond acceptors (Lipinski definition) is 2. The zero-order valence-corrected chi connectivity index (χ0v) is 11.2. The lowest BCUT2D eigenvalue weighted by molar-refractivity contribution is 0.578. The SMILES string of the molecule is CCCCCCC(C)c1cn(CC)nc1C#N. The molecule has 0 spiro atoms. The van der Waals surface area contributed by atoms with E-state index in [0.29, 0.717) is 11.6 Å². The molecule has 0 radical (unpaired) electrons. The number of rotatable bonds is 7. The Bertz CT molecular complexity index is 373. The first-order valence-corrected chi connectivity index (χ1v) is 6.70. The van der Waals surface area contributed by atoms with E-state index in [-0.39, 0.29) is 0 Å². The van der Waals surface area contributed by atoms with Gasteiger partial charge in [0.2, 0.25) is 0 Å². The summed E-state index contributed by atoms with van der Waals surface area (Å²) in [5, 5.41) is 13.3. The van der Waals surface area contributed by atoms with Gasteiger partial charge >= 0.3 is 0 Å². The molecular formula is C14H23N3. The molecular weight excluding hydrogens is 210 g/mol. The number of aryl methyl sites for hydroxylation is 1. The molecule has 0 aliphatic carbocycles. The van der Waals surface area contributed by atoms with Crippen molar-refractivity contribution in [3.05, 3.63) is 17.5 Å². The molecule has 3 nitrogen and oxygen atoms in total. The Morgan fingerprint density at radius 3 is 2.71 bits per heavy atom. The zero-order chi connectivity index (χ0) is 12.7. The number of nitriles is 1. The Morgan fingerprint density at radius 1 is 1.35 bits per heavy atom. The lowest BCUT2D eigenvalue weighted by Crippen LogP contribution is -1.95. The van der Waals surface area contributed by atoms with Crippen LogP contribution in [0.5, 0.6) is 0 Å². The molecule has 17 heavy (non-hydrogen) atoms. The number of unbranched alkanes of at least 4 members (excludes halogenated alkanes) is 3. The Kier molecular flexibility index (Phi) is 5.76. The predicted molar refractivity (Wildman–Crippen MR) is 69.8 cm³/mol. The topological polar surface area (TPSA) is 41.6 Å². The summed E-state index contributed by atoms with van der Waals surface area (Å²) < 4.78 is 1.86. The van der Waals surface area contributed by atoms with Crippen LogP contribution < -0.4 is 0 Å². The molecule has 0 aromatic carbocycles. The van der Waals surface area contributed by atoms with Crippen LogP contribution in [0.2, 0.25) is 0 Å². The van der Waals surface area contributed by atoms with Gasteiger partial charge in [-0.2, -0.15) is 10.4 Å². The highest BCUT2D eigenvalue weighted by Gasteiger charge is 2.14. The van der Waals surface area contributed by atoms with E-state index in [2.05, 4.69) is 25.0 Å². The number of nitrogens with zero attached hydrogens (tertiary/aromatic N) is 3. The van der Waals surface area contributed by atoms with Crippen LogP contribution in [0.25, 0.3) is 0 Å². The standard InChI is InChI=1S/C14H23N3/c1-4-6-7-8-9-12(3)13-11-17(5-2)16-14(13)10-15/h11-12H,4-9H2,1-3H3. The second kappa shape index (κ2) is 7.11. The molecule has 1 aromatic heterocycles. The van der Waals surface area contributed by atoms with E-state index < -0.39 is 0 Å². The molecule has 0 aliphatic rings. The molecule has 1 aromatic rings. The van der Waals surface area contributed by atoms with Crippen LogP contribution in [0, 0.1) is 11.3 Å². The molecule has 1 heterocycles. The summed E-state index contributed by atoms with van der Waals surface area (Å²) in [6.07, 6.45) is 8.31. The first-order valence-electron chi connectivity index (χ1n) is 6.70. The monoisotopic (exact) mass is 233 g/mol. The van der Waals surface area contributed by atoms with Gasteiger partial charge in [-0.3, -0.25) is 4.68 Å². The molecule has 0 saturated heterocycles. The van der Waals surface area contributed by atoms with Gasteiger partial charge in [-0.05, 0) is 19.3 Å². The molecule has 0 fully saturated rings. The number of aromatic nitrogens is 2. The summed E-state index contributed by atoms with van der Waals surface area (Å²) in [6, 6.07) is 2.20. The third-order valence-electron chi connectivity index (χ3n) is 3.24. The van der Waals surface area contributed by atoms with Crippen molar-refractivity contribution < 1.29 is 0 Å². The van der Waals surface area contributed by atoms with Crippen molar-refractivity contribution in [3.63, 3.8) is 0 Å². The van der Waals surface area contributed by atoms with Crippen molar-refractivity contribution in [1.29, 1.82) is 5.26 Å². The highest BCUT2D eigenvalue weighted by Crippen LogP contribution is 2.24. The molecule has 0 amide bonds. The number of hydrogen-bond donors (Lipinski definition) is 0. The Balaban J connectivity index is 2.58. The van der Waals surface area contributed by atoms with Gasteiger partial charge in [0.15, 0.2) is 5.69 Å². The van der Waals surface area contributed by atoms with Crippen LogP contribution >= 0.6 is 0 Å². The van der Waals surface area contributed by atoms with Gasteiger partial charge in [0.05, 0.1) is 0 Å². The van der Waals surface area contributed by atoms with Crippen molar-refractivity contribution in [1.82, 2.24) is 9.78 Å². The first-order chi connectivity index (χ1) is 8.22. The van der Waals surface area contributed by atoms with Gasteiger partial charge in [0.25, 0.3) is 0 Å². The molecule has 1 unspecified atom stereocenters. The van der Waals surface area contributed by atoms with Gasteiger partial charge in [0, 0.05) is 18.3 Å². The minimum Gasteiger partial charge on any atom is -0.271 e. The minimum absolute atomic E-state index is 0.446. The minimum atomic E-state index is 0.446. The molecule has 0 bridgehead atoms. The van der Waals surface area contributed by atoms with Crippen molar-refractivity contribution in [2.45, 2.75) is 65.3 Å². The summed E-state index contributed by atoms with van der Waals surface area (Å²) in [7, 11) is 0. The average molecular weight is 233 g/mol. The highest BCUT2D eigenvalue weighted by molar-refractivity contribution is 5.31. The zero-order valence-electron chi connectivity index (χ0n) is 11.2. The smallest absolute Gasteiger partial charge is 0.165 e. The van der Waals surface area contributed by atoms with Crippen molar-refractivity contribution in [3.8, 4) is 6.07 Å². The highest BCUT2D eigenvalue weighted by atomic mass is 15.3. The normalized spacial score (nSPS) is 12.4. The maximum absolute atomic E-state index is 9.06. The van der Waals surface area contributed by atoms with Crippen LogP contribution in [-0.4, -0.2) is 9.78 Å². The second-order valence-electron chi connectivity index (χ2n) is 4.65. The fourth-order valence-corrected chi connectivity index (χ4v) is 2.08. The maximum Gasteiger partial charge on any atom is 0.165 e. The van der Waals surface area contributed by atoms with E-state index in [1.807, 2.05) is 17.8 Å². The molecule has 94 valence electrons. The van der Waals surface area contributed by atoms with E-state index >= 15 is 0 Å². The lowest BCUT2D eigenvalue weighted by Gasteiger charge is -2.09. The van der Waals surface area contributed by atoms with E-state index in [1.54, 1.807) is 0 Å². The third kappa shape index (κ3) is 3.89. The Hall–Kier alpha value is -1.30. The predicted octanol–water partition coefficient (Wildman–Crippen LogP) is 3.85. The molecule has 0 saturated carbocycles. The third-order valence-corrected chi connectivity index (χ3v) is 3.24. The largest absolute Gasteiger partial charge is 0.271 e. The first kappa shape index (κ1) is 13.8. The second-order valence-corrected chi connectivity index (χ2v) is 4.65. The van der Waals surface area contributed by atoms with Crippen LogP contribution in [0.3, 0.4) is 0 Å². The lowest BCUT2D eigenvalue weighted by atomic mass is 9.95. The molecule has 1 atom stereocenters. The molecule has 1 rings (SSSR count). The summed E-state index contributed by atoms with van der Waals surface area (Å²) in [4.78, 5) is 0. The fourth-order valence-electron chi connectivity index (χ4n) is 2.08. The molecule has 0 aliphatic heterocycles. The van der Waals surface area contributed by atoms with Gasteiger partial charge in [0.1, 0.15) is 6.07 Å². The van der Waals surface area contributed by atoms with Crippen LogP contribution in [-0.2, 0) is 6.54 Å². The van der Waals surface area contributed by atoms with E-state index in [0.717, 1.165) is 18.5 Å². The van der Waals surface area contributed by atoms with Crippen LogP contribution in [0.15, 0.2) is 6.20 Å². The van der Waals surface area contributed by atoms with Crippen LogP contribution in [0.4, 0.5) is 0 Å². The summed E-state index contributed by atoms with van der Waals surface area (Å²) in [5.74, 6) is 0.446. The maximum atomic E-state index is 9.06. The van der Waals surface area contributed by atoms with E-state index in [1.165, 1.54) is 25.7 Å². The van der Waals surface area contributed by atoms with Crippen molar-refractivity contribution in [2.24, 2.45) is 0 Å². The summed E-state index contributed by atoms with van der Waals surface area (Å²) in [5.41, 5.74) is 1.72. The average Bonchev–Trinajstić information content (AvgIpc) is 2.77. The van der Waals surface area contributed by atoms with E-state index in [9.17, 15) is 0 Å². The fraction of sp³-hybridized carbons (Fsp3) is 0.714. The van der Waals surface area contributed by atoms with Gasteiger partial charge in [-0.15, -0.1) is 0 Å². The summed E-state index contributed by atoms with van der Waals surface area (Å²) in [6.45, 7) is 7.30. The molecule has 3 heteroatoms. The quantitative estimate of drug-likeness (QED) is 0.671. The van der Waals surface area contributed by atoms with Gasteiger partial charge < -0.3 is 0 Å². The Morgan fingerprint density at radius 2 is 2.12 bits per heavy atom. The summed E-state index contributed by atoms with van der Waals surface area (Å²) >= 11 is 0. The van der Waals surface area contributed by atoms with Crippen molar-refractivity contribution in [2.75, 3.05) is 0 Å². The van der Waals surface area contributed by atoms with Gasteiger partial charge in [-0.1, -0.05) is 39.5 Å². The van der Waals surface area contributed by atoms with Gasteiger partial charge in [-0.25, -0.2) is 0 Å². The van der Waals surface area contributed by atoms with Crippen molar-refractivity contribution >= 4 is 0 Å². The Labute approximate surface area is 104 Å². The molecule has 0 N–H and O–H groups in total.